The van der Waals surface area contributed by atoms with Crippen LogP contribution in [0.1, 0.15) is 41.5 Å². The molecule has 0 unspecified atom stereocenters. The first-order valence-corrected chi connectivity index (χ1v) is 13.8. The second kappa shape index (κ2) is 7.74. The number of allylic oxidation sites excluding steroid dienone is 2. The lowest BCUT2D eigenvalue weighted by Gasteiger charge is -2.44. The standard InChI is InChI=1S/C18H32F2Si2/c1-13(2)22(14(3)4,15(5)6)16(7)17(18(19)20)11-12-21(8,9)10/h13-15H,7H2,1-6,8-10H3. The molecule has 0 nitrogen and oxygen atoms in total. The van der Waals surface area contributed by atoms with Crippen LogP contribution in [0.3, 0.4) is 0 Å². The van der Waals surface area contributed by atoms with Gasteiger partial charge >= 0.3 is 0 Å². The summed E-state index contributed by atoms with van der Waals surface area (Å²) in [7, 11) is -3.88. The predicted molar refractivity (Wildman–Crippen MR) is 101 cm³/mol. The van der Waals surface area contributed by atoms with Crippen molar-refractivity contribution in [2.75, 3.05) is 0 Å². The molecule has 4 heteroatoms. The molecule has 0 aromatic carbocycles. The second-order valence-electron chi connectivity index (χ2n) is 8.01. The van der Waals surface area contributed by atoms with Gasteiger partial charge in [0.15, 0.2) is 0 Å². The highest BCUT2D eigenvalue weighted by atomic mass is 28.3. The van der Waals surface area contributed by atoms with Crippen LogP contribution in [0.15, 0.2) is 23.4 Å². The molecule has 0 aliphatic heterocycles. The van der Waals surface area contributed by atoms with Crippen molar-refractivity contribution in [3.63, 3.8) is 0 Å². The molecule has 0 radical (unpaired) electrons. The van der Waals surface area contributed by atoms with Crippen molar-refractivity contribution in [1.29, 1.82) is 0 Å². The van der Waals surface area contributed by atoms with Crippen LogP contribution in [0.25, 0.3) is 0 Å². The minimum atomic E-state index is -2.17. The summed E-state index contributed by atoms with van der Waals surface area (Å²) in [6.07, 6.45) is -1.67. The van der Waals surface area contributed by atoms with Crippen LogP contribution in [-0.2, 0) is 0 Å². The van der Waals surface area contributed by atoms with Crippen LogP contribution < -0.4 is 0 Å². The van der Waals surface area contributed by atoms with Crippen molar-refractivity contribution in [3.05, 3.63) is 23.4 Å². The Hall–Kier alpha value is -0.666. The van der Waals surface area contributed by atoms with Crippen LogP contribution in [0.4, 0.5) is 8.78 Å². The van der Waals surface area contributed by atoms with Crippen molar-refractivity contribution in [3.8, 4) is 11.5 Å². The molecule has 0 aliphatic rings. The average Bonchev–Trinajstić information content (AvgIpc) is 2.25. The highest BCUT2D eigenvalue weighted by Crippen LogP contribution is 2.48. The van der Waals surface area contributed by atoms with E-state index in [4.69, 9.17) is 0 Å². The maximum atomic E-state index is 13.6. The molecule has 0 heterocycles. The smallest absolute Gasteiger partial charge is 0.172 e. The Balaban J connectivity index is 6.22. The predicted octanol–water partition coefficient (Wildman–Crippen LogP) is 6.79. The third-order valence-electron chi connectivity index (χ3n) is 4.44. The van der Waals surface area contributed by atoms with Gasteiger partial charge in [-0.3, -0.25) is 0 Å². The fraction of sp³-hybridized carbons (Fsp3) is 0.667. The zero-order valence-corrected chi connectivity index (χ0v) is 17.7. The first-order valence-electron chi connectivity index (χ1n) is 8.06. The van der Waals surface area contributed by atoms with E-state index < -0.39 is 22.2 Å². The van der Waals surface area contributed by atoms with Crippen LogP contribution in [0.2, 0.25) is 36.3 Å². The summed E-state index contributed by atoms with van der Waals surface area (Å²) in [6, 6.07) is 0. The second-order valence-corrected chi connectivity index (χ2v) is 18.7. The van der Waals surface area contributed by atoms with Gasteiger partial charge in [0.05, 0.1) is 13.6 Å². The largest absolute Gasteiger partial charge is 0.285 e. The van der Waals surface area contributed by atoms with Crippen molar-refractivity contribution in [2.24, 2.45) is 0 Å². The number of hydrogen-bond donors (Lipinski definition) is 0. The Morgan fingerprint density at radius 3 is 1.45 bits per heavy atom. The highest BCUT2D eigenvalue weighted by Gasteiger charge is 2.46. The van der Waals surface area contributed by atoms with Crippen molar-refractivity contribution in [1.82, 2.24) is 0 Å². The van der Waals surface area contributed by atoms with Gasteiger partial charge in [-0.1, -0.05) is 73.7 Å². The lowest BCUT2D eigenvalue weighted by Crippen LogP contribution is -2.47. The molecule has 0 atom stereocenters. The van der Waals surface area contributed by atoms with Gasteiger partial charge in [-0.25, -0.2) is 0 Å². The maximum Gasteiger partial charge on any atom is 0.285 e. The van der Waals surface area contributed by atoms with Gasteiger partial charge in [0.1, 0.15) is 8.07 Å². The summed E-state index contributed by atoms with van der Waals surface area (Å²) in [5.74, 6) is 2.81. The van der Waals surface area contributed by atoms with Gasteiger partial charge in [0, 0.05) is 0 Å². The van der Waals surface area contributed by atoms with Crippen molar-refractivity contribution in [2.45, 2.75) is 77.8 Å². The summed E-state index contributed by atoms with van der Waals surface area (Å²) < 4.78 is 27.2. The average molecular weight is 343 g/mol. The van der Waals surface area contributed by atoms with E-state index in [0.717, 1.165) is 0 Å². The SMILES string of the molecule is C=C(C(C#C[Si](C)(C)C)=C(F)F)[Si](C(C)C)(C(C)C)C(C)C. The monoisotopic (exact) mass is 342 g/mol. The fourth-order valence-corrected chi connectivity index (χ4v) is 10.9. The van der Waals surface area contributed by atoms with Gasteiger partial charge in [-0.2, -0.15) is 8.78 Å². The molecule has 0 saturated carbocycles. The maximum absolute atomic E-state index is 13.6. The molecule has 126 valence electrons. The van der Waals surface area contributed by atoms with E-state index in [0.29, 0.717) is 21.8 Å². The van der Waals surface area contributed by atoms with Gasteiger partial charge in [0.2, 0.25) is 0 Å². The molecule has 0 fully saturated rings. The molecule has 0 aromatic heterocycles. The summed E-state index contributed by atoms with van der Waals surface area (Å²) in [6.45, 7) is 23.2. The topological polar surface area (TPSA) is 0 Å². The molecular formula is C18H32F2Si2. The van der Waals surface area contributed by atoms with E-state index in [9.17, 15) is 8.78 Å². The van der Waals surface area contributed by atoms with E-state index in [-0.39, 0.29) is 5.57 Å². The molecule has 0 aliphatic carbocycles. The fourth-order valence-electron chi connectivity index (χ4n) is 3.75. The van der Waals surface area contributed by atoms with Crippen LogP contribution >= 0.6 is 0 Å². The van der Waals surface area contributed by atoms with Gasteiger partial charge in [-0.05, 0) is 21.8 Å². The molecule has 0 bridgehead atoms. The van der Waals surface area contributed by atoms with Crippen molar-refractivity contribution < 1.29 is 8.78 Å². The van der Waals surface area contributed by atoms with Gasteiger partial charge in [0.25, 0.3) is 6.08 Å². The zero-order chi connectivity index (χ0) is 17.9. The first kappa shape index (κ1) is 21.3. The molecule has 0 saturated heterocycles. The lowest BCUT2D eigenvalue weighted by atomic mass is 10.3. The third kappa shape index (κ3) is 4.66. The zero-order valence-electron chi connectivity index (χ0n) is 15.7. The Bertz CT molecular complexity index is 472. The summed E-state index contributed by atoms with van der Waals surface area (Å²) in [4.78, 5) is 0. The highest BCUT2D eigenvalue weighted by molar-refractivity contribution is 6.90. The molecule has 0 spiro atoms. The van der Waals surface area contributed by atoms with Gasteiger partial charge in [-0.15, -0.1) is 5.54 Å². The van der Waals surface area contributed by atoms with E-state index in [1.807, 2.05) is 0 Å². The van der Waals surface area contributed by atoms with Crippen LogP contribution in [0.5, 0.6) is 0 Å². The number of rotatable bonds is 5. The lowest BCUT2D eigenvalue weighted by molar-refractivity contribution is 0.417. The molecular weight excluding hydrogens is 310 g/mol. The summed E-state index contributed by atoms with van der Waals surface area (Å²) >= 11 is 0. The Morgan fingerprint density at radius 2 is 1.23 bits per heavy atom. The first-order chi connectivity index (χ1) is 9.78. The van der Waals surface area contributed by atoms with E-state index in [1.165, 1.54) is 0 Å². The third-order valence-corrected chi connectivity index (χ3v) is 12.3. The van der Waals surface area contributed by atoms with Crippen LogP contribution in [-0.4, -0.2) is 16.1 Å². The Labute approximate surface area is 138 Å². The quantitative estimate of drug-likeness (QED) is 0.293. The Kier molecular flexibility index (Phi) is 7.51. The van der Waals surface area contributed by atoms with E-state index >= 15 is 0 Å². The normalized spacial score (nSPS) is 12.5. The minimum absolute atomic E-state index is 0.0785. The summed E-state index contributed by atoms with van der Waals surface area (Å²) in [5, 5.41) is 0.637. The van der Waals surface area contributed by atoms with Gasteiger partial charge < -0.3 is 0 Å². The molecule has 22 heavy (non-hydrogen) atoms. The summed E-state index contributed by atoms with van der Waals surface area (Å²) in [5.41, 5.74) is 4.06. The van der Waals surface area contributed by atoms with E-state index in [1.54, 1.807) is 0 Å². The molecule has 0 rings (SSSR count). The van der Waals surface area contributed by atoms with Crippen molar-refractivity contribution >= 4 is 16.1 Å². The molecule has 0 N–H and O–H groups in total. The van der Waals surface area contributed by atoms with E-state index in [2.05, 4.69) is 79.2 Å². The number of halogens is 2. The Morgan fingerprint density at radius 1 is 0.864 bits per heavy atom. The molecule has 0 amide bonds. The van der Waals surface area contributed by atoms with Crippen LogP contribution in [0, 0.1) is 11.5 Å². The molecule has 0 aromatic rings. The minimum Gasteiger partial charge on any atom is -0.172 e. The number of hydrogen-bond acceptors (Lipinski definition) is 0.